The van der Waals surface area contributed by atoms with Gasteiger partial charge in [0, 0.05) is 11.3 Å². The second-order valence-electron chi connectivity index (χ2n) is 7.36. The molecule has 0 saturated carbocycles. The highest BCUT2D eigenvalue weighted by atomic mass is 32.2. The molecule has 0 aliphatic rings. The lowest BCUT2D eigenvalue weighted by Crippen LogP contribution is -2.32. The van der Waals surface area contributed by atoms with Crippen molar-refractivity contribution in [3.8, 4) is 16.2 Å². The summed E-state index contributed by atoms with van der Waals surface area (Å²) in [5.74, 6) is -0.624. The number of phenols is 1. The van der Waals surface area contributed by atoms with E-state index in [2.05, 4.69) is 15.0 Å². The molecule has 0 unspecified atom stereocenters. The van der Waals surface area contributed by atoms with Crippen LogP contribution in [0.3, 0.4) is 0 Å². The molecule has 0 saturated heterocycles. The van der Waals surface area contributed by atoms with Crippen molar-refractivity contribution in [3.05, 3.63) is 84.2 Å². The summed E-state index contributed by atoms with van der Waals surface area (Å²) in [4.78, 5) is 13.0. The van der Waals surface area contributed by atoms with Crippen LogP contribution in [0.1, 0.15) is 17.3 Å². The van der Waals surface area contributed by atoms with Crippen molar-refractivity contribution in [3.63, 3.8) is 0 Å². The van der Waals surface area contributed by atoms with E-state index in [1.807, 2.05) is 30.3 Å². The summed E-state index contributed by atoms with van der Waals surface area (Å²) in [6, 6.07) is 18.1. The minimum absolute atomic E-state index is 0.0869. The number of nitrogens with one attached hydrogen (secondary N) is 2. The minimum atomic E-state index is -3.78. The maximum absolute atomic E-state index is 12.7. The molecule has 176 valence electrons. The average Bonchev–Trinajstić information content (AvgIpc) is 3.53. The summed E-state index contributed by atoms with van der Waals surface area (Å²) in [5.41, 5.74) is 3.56. The zero-order valence-electron chi connectivity index (χ0n) is 17.7. The van der Waals surface area contributed by atoms with Crippen LogP contribution in [0.4, 0.5) is 0 Å². The molecule has 2 aromatic heterocycles. The molecule has 0 fully saturated rings. The van der Waals surface area contributed by atoms with Crippen LogP contribution < -0.4 is 10.2 Å². The van der Waals surface area contributed by atoms with Crippen LogP contribution in [0.2, 0.25) is 0 Å². The maximum atomic E-state index is 12.7. The van der Waals surface area contributed by atoms with E-state index in [1.54, 1.807) is 29.7 Å². The standard InChI is InChI=1S/C22H21N5O5S2/c28-18-8-6-15(7-9-18)12-19(22(29)25-30)27-14-17(24-26-27)13-23-34(31,32)21-11-10-20(33-21)16-4-2-1-3-5-16/h1-11,14,19,23,28,30H,12-13H2,(H,25,29)/t19-/m0/s1. The van der Waals surface area contributed by atoms with Crippen molar-refractivity contribution < 1.29 is 23.5 Å². The first kappa shape index (κ1) is 23.6. The molecule has 1 atom stereocenters. The summed E-state index contributed by atoms with van der Waals surface area (Å²) in [5, 5.41) is 26.4. The van der Waals surface area contributed by atoms with Gasteiger partial charge in [-0.1, -0.05) is 47.7 Å². The van der Waals surface area contributed by atoms with Crippen LogP contribution in [0.15, 0.2) is 77.1 Å². The van der Waals surface area contributed by atoms with Gasteiger partial charge in [0.15, 0.2) is 0 Å². The van der Waals surface area contributed by atoms with Crippen molar-refractivity contribution in [1.29, 1.82) is 0 Å². The molecule has 2 aromatic carbocycles. The SMILES string of the molecule is O=C(NO)[C@H](Cc1ccc(O)cc1)n1cc(CNS(=O)(=O)c2ccc(-c3ccccc3)s2)nn1. The molecule has 4 aromatic rings. The predicted molar refractivity (Wildman–Crippen MR) is 125 cm³/mol. The highest BCUT2D eigenvalue weighted by molar-refractivity contribution is 7.91. The molecular formula is C22H21N5O5S2. The topological polar surface area (TPSA) is 146 Å². The molecule has 34 heavy (non-hydrogen) atoms. The van der Waals surface area contributed by atoms with Gasteiger partial charge in [-0.15, -0.1) is 16.4 Å². The second kappa shape index (κ2) is 10.1. The zero-order chi connectivity index (χ0) is 24.1. The number of carbonyl (C=O) groups is 1. The number of hydroxylamine groups is 1. The van der Waals surface area contributed by atoms with Crippen LogP contribution in [0.25, 0.3) is 10.4 Å². The van der Waals surface area contributed by atoms with Gasteiger partial charge in [-0.2, -0.15) is 0 Å². The fraction of sp³-hybridized carbons (Fsp3) is 0.136. The minimum Gasteiger partial charge on any atom is -0.508 e. The number of amides is 1. The number of phenolic OH excluding ortho intramolecular Hbond substituents is 1. The number of nitrogens with zero attached hydrogens (tertiary/aromatic N) is 3. The summed E-state index contributed by atoms with van der Waals surface area (Å²) in [6.07, 6.45) is 1.60. The van der Waals surface area contributed by atoms with Crippen molar-refractivity contribution in [2.24, 2.45) is 0 Å². The number of benzene rings is 2. The summed E-state index contributed by atoms with van der Waals surface area (Å²) in [7, 11) is -3.78. The summed E-state index contributed by atoms with van der Waals surface area (Å²) >= 11 is 1.16. The van der Waals surface area contributed by atoms with Gasteiger partial charge in [0.25, 0.3) is 5.91 Å². The van der Waals surface area contributed by atoms with E-state index in [1.165, 1.54) is 23.0 Å². The smallest absolute Gasteiger partial charge is 0.268 e. The lowest BCUT2D eigenvalue weighted by Gasteiger charge is -2.14. The molecule has 2 heterocycles. The quantitative estimate of drug-likeness (QED) is 0.204. The van der Waals surface area contributed by atoms with Gasteiger partial charge in [0.1, 0.15) is 16.0 Å². The molecule has 0 bridgehead atoms. The number of hydrogen-bond donors (Lipinski definition) is 4. The van der Waals surface area contributed by atoms with E-state index in [9.17, 15) is 18.3 Å². The monoisotopic (exact) mass is 499 g/mol. The third-order valence-corrected chi connectivity index (χ3v) is 8.03. The maximum Gasteiger partial charge on any atom is 0.268 e. The van der Waals surface area contributed by atoms with Crippen LogP contribution >= 0.6 is 11.3 Å². The first-order valence-corrected chi connectivity index (χ1v) is 12.4. The van der Waals surface area contributed by atoms with Crippen LogP contribution in [0.5, 0.6) is 5.75 Å². The van der Waals surface area contributed by atoms with E-state index >= 15 is 0 Å². The molecule has 0 radical (unpaired) electrons. The summed E-state index contributed by atoms with van der Waals surface area (Å²) in [6.45, 7) is -0.131. The van der Waals surface area contributed by atoms with Crippen molar-refractivity contribution in [2.75, 3.05) is 0 Å². The van der Waals surface area contributed by atoms with Crippen molar-refractivity contribution >= 4 is 27.3 Å². The first-order chi connectivity index (χ1) is 16.4. The van der Waals surface area contributed by atoms with Crippen molar-refractivity contribution in [2.45, 2.75) is 23.2 Å². The molecule has 4 N–H and O–H groups in total. The van der Waals surface area contributed by atoms with Gasteiger partial charge >= 0.3 is 0 Å². The molecular weight excluding hydrogens is 478 g/mol. The number of aromatic hydroxyl groups is 1. The highest BCUT2D eigenvalue weighted by Gasteiger charge is 2.23. The first-order valence-electron chi connectivity index (χ1n) is 10.1. The fourth-order valence-corrected chi connectivity index (χ4v) is 5.60. The number of rotatable bonds is 9. The average molecular weight is 500 g/mol. The molecule has 1 amide bonds. The van der Waals surface area contributed by atoms with Crippen LogP contribution in [-0.2, 0) is 27.8 Å². The Morgan fingerprint density at radius 2 is 1.79 bits per heavy atom. The largest absolute Gasteiger partial charge is 0.508 e. The van der Waals surface area contributed by atoms with Gasteiger partial charge < -0.3 is 5.11 Å². The number of carbonyl (C=O) groups excluding carboxylic acids is 1. The van der Waals surface area contributed by atoms with E-state index < -0.39 is 22.0 Å². The number of aromatic nitrogens is 3. The third kappa shape index (κ3) is 5.48. The molecule has 0 aliphatic carbocycles. The molecule has 10 nitrogen and oxygen atoms in total. The van der Waals surface area contributed by atoms with E-state index in [0.717, 1.165) is 27.3 Å². The predicted octanol–water partition coefficient (Wildman–Crippen LogP) is 2.48. The van der Waals surface area contributed by atoms with E-state index in [-0.39, 0.29) is 22.9 Å². The van der Waals surface area contributed by atoms with Gasteiger partial charge in [-0.25, -0.2) is 23.3 Å². The van der Waals surface area contributed by atoms with Crippen molar-refractivity contribution in [1.82, 2.24) is 25.2 Å². The van der Waals surface area contributed by atoms with Gasteiger partial charge in [-0.05, 0) is 35.4 Å². The second-order valence-corrected chi connectivity index (χ2v) is 10.4. The lowest BCUT2D eigenvalue weighted by atomic mass is 10.1. The molecule has 12 heteroatoms. The lowest BCUT2D eigenvalue weighted by molar-refractivity contribution is -0.133. The number of sulfonamides is 1. The van der Waals surface area contributed by atoms with Gasteiger partial charge in [0.05, 0.1) is 18.4 Å². The molecule has 4 rings (SSSR count). The van der Waals surface area contributed by atoms with E-state index in [4.69, 9.17) is 5.21 Å². The zero-order valence-corrected chi connectivity index (χ0v) is 19.3. The Morgan fingerprint density at radius 1 is 1.06 bits per heavy atom. The van der Waals surface area contributed by atoms with Gasteiger partial charge in [0.2, 0.25) is 10.0 Å². The fourth-order valence-electron chi connectivity index (χ4n) is 3.25. The third-order valence-electron chi connectivity index (χ3n) is 5.00. The Kier molecular flexibility index (Phi) is 7.03. The van der Waals surface area contributed by atoms with Crippen LogP contribution in [0, 0.1) is 0 Å². The Bertz CT molecular complexity index is 1370. The number of hydrogen-bond acceptors (Lipinski definition) is 8. The molecule has 0 aliphatic heterocycles. The van der Waals surface area contributed by atoms with E-state index in [0.29, 0.717) is 5.69 Å². The molecule has 0 spiro atoms. The number of thiophene rings is 1. The summed E-state index contributed by atoms with van der Waals surface area (Å²) < 4.78 is 29.4. The Labute approximate surface area is 199 Å². The Morgan fingerprint density at radius 3 is 2.50 bits per heavy atom. The Balaban J connectivity index is 1.45. The van der Waals surface area contributed by atoms with Gasteiger partial charge in [-0.3, -0.25) is 10.0 Å². The normalized spacial score (nSPS) is 12.4. The van der Waals surface area contributed by atoms with Crippen LogP contribution in [-0.4, -0.2) is 39.6 Å². The Hall–Kier alpha value is -3.58. The highest BCUT2D eigenvalue weighted by Crippen LogP contribution is 2.30.